The molecule has 1 unspecified atom stereocenters. The van der Waals surface area contributed by atoms with E-state index in [2.05, 4.69) is 75.4 Å². The summed E-state index contributed by atoms with van der Waals surface area (Å²) in [5.74, 6) is 1.36. The summed E-state index contributed by atoms with van der Waals surface area (Å²) in [6.07, 6.45) is 4.85. The minimum Gasteiger partial charge on any atom is -0.0654 e. The molecule has 0 spiro atoms. The molecule has 0 fully saturated rings. The molecule has 0 heterocycles. The maximum absolute atomic E-state index is 2.35. The molecule has 112 valence electrons. The van der Waals surface area contributed by atoms with Gasteiger partial charge in [-0.15, -0.1) is 0 Å². The molecule has 0 aliphatic carbocycles. The summed E-state index contributed by atoms with van der Waals surface area (Å²) in [6.45, 7) is 6.91. The van der Waals surface area contributed by atoms with Crippen molar-refractivity contribution in [2.75, 3.05) is 0 Å². The van der Waals surface area contributed by atoms with Gasteiger partial charge in [-0.1, -0.05) is 81.8 Å². The Bertz CT molecular complexity index is 525. The standard InChI is InChI=1S/C21H28/c1-4-10-19(16-18-11-6-5-7-12-18)21-14-9-8-13-20(21)15-17(2)3/h5-9,11-14,17,19H,4,10,15-16H2,1-3H3. The molecule has 0 saturated heterocycles. The van der Waals surface area contributed by atoms with Gasteiger partial charge in [0.2, 0.25) is 0 Å². The summed E-state index contributed by atoms with van der Waals surface area (Å²) in [4.78, 5) is 0. The van der Waals surface area contributed by atoms with Gasteiger partial charge in [0.1, 0.15) is 0 Å². The molecule has 2 aromatic carbocycles. The van der Waals surface area contributed by atoms with Crippen molar-refractivity contribution < 1.29 is 0 Å². The van der Waals surface area contributed by atoms with Gasteiger partial charge in [0.05, 0.1) is 0 Å². The van der Waals surface area contributed by atoms with Crippen LogP contribution in [0.15, 0.2) is 54.6 Å². The molecule has 0 radical (unpaired) electrons. The van der Waals surface area contributed by atoms with Crippen LogP contribution in [0.4, 0.5) is 0 Å². The van der Waals surface area contributed by atoms with E-state index in [-0.39, 0.29) is 0 Å². The topological polar surface area (TPSA) is 0 Å². The van der Waals surface area contributed by atoms with Crippen molar-refractivity contribution in [3.63, 3.8) is 0 Å². The Kier molecular flexibility index (Phi) is 6.04. The minimum absolute atomic E-state index is 0.646. The third-order valence-electron chi connectivity index (χ3n) is 4.09. The van der Waals surface area contributed by atoms with Crippen molar-refractivity contribution in [3.8, 4) is 0 Å². The lowest BCUT2D eigenvalue weighted by molar-refractivity contribution is 0.588. The summed E-state index contributed by atoms with van der Waals surface area (Å²) in [5, 5.41) is 0. The molecule has 0 N–H and O–H groups in total. The highest BCUT2D eigenvalue weighted by Gasteiger charge is 2.15. The smallest absolute Gasteiger partial charge is 0.0119 e. The molecule has 0 saturated carbocycles. The molecule has 2 aromatic rings. The Morgan fingerprint density at radius 2 is 1.48 bits per heavy atom. The van der Waals surface area contributed by atoms with Crippen molar-refractivity contribution in [2.45, 2.75) is 52.4 Å². The molecule has 2 rings (SSSR count). The average molecular weight is 280 g/mol. The van der Waals surface area contributed by atoms with Gasteiger partial charge in [-0.3, -0.25) is 0 Å². The second kappa shape index (κ2) is 8.02. The van der Waals surface area contributed by atoms with E-state index < -0.39 is 0 Å². The van der Waals surface area contributed by atoms with Crippen molar-refractivity contribution in [2.24, 2.45) is 5.92 Å². The maximum Gasteiger partial charge on any atom is -0.0119 e. The number of benzene rings is 2. The SMILES string of the molecule is CCCC(Cc1ccccc1)c1ccccc1CC(C)C. The molecule has 0 aliphatic heterocycles. The normalized spacial score (nSPS) is 12.6. The zero-order valence-electron chi connectivity index (χ0n) is 13.7. The molecular weight excluding hydrogens is 252 g/mol. The first-order valence-corrected chi connectivity index (χ1v) is 8.32. The van der Waals surface area contributed by atoms with Crippen molar-refractivity contribution in [1.82, 2.24) is 0 Å². The second-order valence-electron chi connectivity index (χ2n) is 6.47. The Hall–Kier alpha value is -1.56. The molecule has 0 amide bonds. The summed E-state index contributed by atoms with van der Waals surface area (Å²) in [7, 11) is 0. The molecule has 0 heteroatoms. The maximum atomic E-state index is 2.35. The zero-order valence-corrected chi connectivity index (χ0v) is 13.7. The highest BCUT2D eigenvalue weighted by Crippen LogP contribution is 2.29. The molecular formula is C21H28. The fourth-order valence-corrected chi connectivity index (χ4v) is 3.17. The van der Waals surface area contributed by atoms with Crippen LogP contribution in [0.5, 0.6) is 0 Å². The van der Waals surface area contributed by atoms with Gasteiger partial charge in [0.25, 0.3) is 0 Å². The van der Waals surface area contributed by atoms with Crippen LogP contribution >= 0.6 is 0 Å². The van der Waals surface area contributed by atoms with Crippen LogP contribution in [0.25, 0.3) is 0 Å². The van der Waals surface area contributed by atoms with Crippen LogP contribution in [0.3, 0.4) is 0 Å². The van der Waals surface area contributed by atoms with Crippen LogP contribution in [0, 0.1) is 5.92 Å². The van der Waals surface area contributed by atoms with Crippen molar-refractivity contribution in [1.29, 1.82) is 0 Å². The van der Waals surface area contributed by atoms with Gasteiger partial charge in [-0.05, 0) is 47.8 Å². The summed E-state index contributed by atoms with van der Waals surface area (Å²) >= 11 is 0. The molecule has 21 heavy (non-hydrogen) atoms. The Balaban J connectivity index is 2.25. The van der Waals surface area contributed by atoms with E-state index in [1.54, 1.807) is 11.1 Å². The monoisotopic (exact) mass is 280 g/mol. The molecule has 1 atom stereocenters. The Morgan fingerprint density at radius 3 is 2.14 bits per heavy atom. The van der Waals surface area contributed by atoms with Gasteiger partial charge in [-0.25, -0.2) is 0 Å². The van der Waals surface area contributed by atoms with Gasteiger partial charge < -0.3 is 0 Å². The van der Waals surface area contributed by atoms with Crippen LogP contribution in [-0.2, 0) is 12.8 Å². The quantitative estimate of drug-likeness (QED) is 0.582. The first-order valence-electron chi connectivity index (χ1n) is 8.32. The summed E-state index contributed by atoms with van der Waals surface area (Å²) in [5.41, 5.74) is 4.56. The second-order valence-corrected chi connectivity index (χ2v) is 6.47. The summed E-state index contributed by atoms with van der Waals surface area (Å²) < 4.78 is 0. The highest BCUT2D eigenvalue weighted by atomic mass is 14.2. The Labute approximate surface area is 130 Å². The van der Waals surface area contributed by atoms with Crippen LogP contribution in [0.1, 0.15) is 56.2 Å². The van der Waals surface area contributed by atoms with Gasteiger partial charge in [0.15, 0.2) is 0 Å². The average Bonchev–Trinajstić information content (AvgIpc) is 2.48. The number of hydrogen-bond donors (Lipinski definition) is 0. The number of hydrogen-bond acceptors (Lipinski definition) is 0. The highest BCUT2D eigenvalue weighted by molar-refractivity contribution is 5.32. The van der Waals surface area contributed by atoms with E-state index in [0.717, 1.165) is 6.42 Å². The lowest BCUT2D eigenvalue weighted by atomic mass is 9.84. The predicted molar refractivity (Wildman–Crippen MR) is 92.8 cm³/mol. The van der Waals surface area contributed by atoms with Crippen LogP contribution in [0.2, 0.25) is 0 Å². The predicted octanol–water partition coefficient (Wildman–Crippen LogP) is 6.01. The van der Waals surface area contributed by atoms with Crippen LogP contribution in [-0.4, -0.2) is 0 Å². The van der Waals surface area contributed by atoms with E-state index in [4.69, 9.17) is 0 Å². The molecule has 0 aliphatic rings. The van der Waals surface area contributed by atoms with Gasteiger partial charge in [-0.2, -0.15) is 0 Å². The molecule has 0 bridgehead atoms. The van der Waals surface area contributed by atoms with Gasteiger partial charge >= 0.3 is 0 Å². The van der Waals surface area contributed by atoms with Gasteiger partial charge in [0, 0.05) is 0 Å². The number of rotatable bonds is 7. The minimum atomic E-state index is 0.646. The largest absolute Gasteiger partial charge is 0.0654 e. The third-order valence-corrected chi connectivity index (χ3v) is 4.09. The fraction of sp³-hybridized carbons (Fsp3) is 0.429. The third kappa shape index (κ3) is 4.74. The molecule has 0 aromatic heterocycles. The van der Waals surface area contributed by atoms with Crippen LogP contribution < -0.4 is 0 Å². The van der Waals surface area contributed by atoms with Crippen molar-refractivity contribution in [3.05, 3.63) is 71.3 Å². The van der Waals surface area contributed by atoms with E-state index in [1.165, 1.54) is 24.8 Å². The summed E-state index contributed by atoms with van der Waals surface area (Å²) in [6, 6.07) is 20.0. The first kappa shape index (κ1) is 15.8. The first-order chi connectivity index (χ1) is 10.2. The lowest BCUT2D eigenvalue weighted by Gasteiger charge is -2.21. The zero-order chi connectivity index (χ0) is 15.1. The lowest BCUT2D eigenvalue weighted by Crippen LogP contribution is -2.08. The fourth-order valence-electron chi connectivity index (χ4n) is 3.17. The van der Waals surface area contributed by atoms with E-state index >= 15 is 0 Å². The Morgan fingerprint density at radius 1 is 0.810 bits per heavy atom. The van der Waals surface area contributed by atoms with E-state index in [1.807, 2.05) is 0 Å². The van der Waals surface area contributed by atoms with Crippen molar-refractivity contribution >= 4 is 0 Å². The van der Waals surface area contributed by atoms with E-state index in [9.17, 15) is 0 Å². The van der Waals surface area contributed by atoms with E-state index in [0.29, 0.717) is 11.8 Å². The molecule has 0 nitrogen and oxygen atoms in total.